The van der Waals surface area contributed by atoms with Crippen molar-refractivity contribution in [2.24, 2.45) is 0 Å². The van der Waals surface area contributed by atoms with Crippen LogP contribution in [0.3, 0.4) is 0 Å². The molecule has 7 aromatic rings. The summed E-state index contributed by atoms with van der Waals surface area (Å²) in [6.07, 6.45) is 0. The van der Waals surface area contributed by atoms with E-state index in [9.17, 15) is 8.42 Å². The van der Waals surface area contributed by atoms with E-state index in [1.165, 1.54) is 9.54 Å². The first kappa shape index (κ1) is 34.1. The highest BCUT2D eigenvalue weighted by Gasteiger charge is 2.25. The largest absolute Gasteiger partial charge is 0.494 e. The van der Waals surface area contributed by atoms with Gasteiger partial charge in [0.1, 0.15) is 11.5 Å². The van der Waals surface area contributed by atoms with Crippen molar-refractivity contribution in [2.45, 2.75) is 39.5 Å². The third-order valence-corrected chi connectivity index (χ3v) is 9.53. The van der Waals surface area contributed by atoms with Crippen LogP contribution in [0.2, 0.25) is 0 Å². The molecule has 0 bridgehead atoms. The number of hydrogen-bond donors (Lipinski definition) is 3. The molecule has 0 amide bonds. The van der Waals surface area contributed by atoms with Gasteiger partial charge in [-0.15, -0.1) is 0 Å². The second kappa shape index (κ2) is 14.8. The first-order valence-electron chi connectivity index (χ1n) is 16.4. The second-order valence-corrected chi connectivity index (χ2v) is 13.6. The van der Waals surface area contributed by atoms with Gasteiger partial charge in [-0.25, -0.2) is 22.4 Å². The third-order valence-electron chi connectivity index (χ3n) is 7.81. The summed E-state index contributed by atoms with van der Waals surface area (Å²) in [5, 5.41) is 6.42. The van der Waals surface area contributed by atoms with Crippen molar-refractivity contribution in [1.29, 1.82) is 0 Å². The van der Waals surface area contributed by atoms with Gasteiger partial charge in [0.05, 0.1) is 40.2 Å². The molecule has 7 rings (SSSR count). The first-order valence-corrected chi connectivity index (χ1v) is 17.8. The normalized spacial score (nSPS) is 11.2. The maximum absolute atomic E-state index is 13.5. The Morgan fingerprint density at radius 3 is 1.78 bits per heavy atom. The molecule has 0 radical (unpaired) electrons. The number of aromatic amines is 1. The number of benzene rings is 5. The number of fused-ring (bicyclic) bond motifs is 2. The molecule has 0 unspecified atom stereocenters. The number of nitrogens with zero attached hydrogens (tertiary/aromatic N) is 3. The van der Waals surface area contributed by atoms with Crippen molar-refractivity contribution in [3.05, 3.63) is 126 Å². The van der Waals surface area contributed by atoms with Crippen molar-refractivity contribution < 1.29 is 17.9 Å². The molecule has 0 fully saturated rings. The predicted octanol–water partition coefficient (Wildman–Crippen LogP) is 9.05. The molecule has 0 aliphatic heterocycles. The lowest BCUT2D eigenvalue weighted by molar-refractivity contribution is 0.340. The van der Waals surface area contributed by atoms with Crippen LogP contribution in [0.1, 0.15) is 30.5 Å². The number of nitrogens with one attached hydrogen (secondary N) is 3. The second-order valence-electron chi connectivity index (χ2n) is 11.8. The van der Waals surface area contributed by atoms with Crippen molar-refractivity contribution in [3.63, 3.8) is 0 Å². The van der Waals surface area contributed by atoms with Gasteiger partial charge in [0.2, 0.25) is 11.9 Å². The predicted molar refractivity (Wildman–Crippen MR) is 201 cm³/mol. The molecule has 2 aromatic heterocycles. The van der Waals surface area contributed by atoms with Crippen molar-refractivity contribution in [1.82, 2.24) is 18.9 Å². The molecule has 0 aliphatic rings. The monoisotopic (exact) mass is 688 g/mol. The Balaban J connectivity index is 0.000000187. The van der Waals surface area contributed by atoms with Crippen LogP contribution in [-0.2, 0) is 10.0 Å². The number of anilines is 4. The molecule has 256 valence electrons. The summed E-state index contributed by atoms with van der Waals surface area (Å²) in [6.45, 7) is 11.1. The van der Waals surface area contributed by atoms with Crippen LogP contribution >= 0.6 is 0 Å². The summed E-state index contributed by atoms with van der Waals surface area (Å²) in [4.78, 5) is 12.6. The van der Waals surface area contributed by atoms with Crippen molar-refractivity contribution in [2.75, 3.05) is 23.8 Å². The van der Waals surface area contributed by atoms with Gasteiger partial charge < -0.3 is 25.1 Å². The van der Waals surface area contributed by atoms with Gasteiger partial charge in [0.25, 0.3) is 10.0 Å². The van der Waals surface area contributed by atoms with Crippen LogP contribution in [0.25, 0.3) is 22.1 Å². The molecule has 0 atom stereocenters. The highest BCUT2D eigenvalue weighted by Crippen LogP contribution is 2.30. The zero-order valence-corrected chi connectivity index (χ0v) is 29.5. The maximum atomic E-state index is 13.5. The van der Waals surface area contributed by atoms with Gasteiger partial charge in [-0.2, -0.15) is 0 Å². The number of imidazole rings is 2. The standard InChI is InChI=1S/C23H23N3O3S.C16H17N3O/c1-4-29-19-10-8-18(9-11-19)24-23-25-21-14-7-17(3)15-22(21)26(23)30(27,28)20-12-5-16(2)6-13-20;1-3-20-13-7-5-12(6-8-13)17-16-18-14-9-4-11(2)10-15(14)19-16/h5-15H,4H2,1-3H3,(H,24,25);4-10H,3H2,1-2H3,(H2,17,18,19). The summed E-state index contributed by atoms with van der Waals surface area (Å²) in [5.74, 6) is 2.60. The van der Waals surface area contributed by atoms with Crippen LogP contribution in [0, 0.1) is 20.8 Å². The van der Waals surface area contributed by atoms with E-state index in [4.69, 9.17) is 9.47 Å². The fourth-order valence-corrected chi connectivity index (χ4v) is 6.76. The smallest absolute Gasteiger partial charge is 0.271 e. The average molecular weight is 689 g/mol. The topological polar surface area (TPSA) is 123 Å². The van der Waals surface area contributed by atoms with E-state index < -0.39 is 10.0 Å². The Bertz CT molecular complexity index is 2330. The number of aryl methyl sites for hydroxylation is 3. The highest BCUT2D eigenvalue weighted by atomic mass is 32.2. The Labute approximate surface area is 292 Å². The maximum Gasteiger partial charge on any atom is 0.271 e. The minimum atomic E-state index is -3.86. The van der Waals surface area contributed by atoms with Crippen molar-refractivity contribution in [3.8, 4) is 11.5 Å². The average Bonchev–Trinajstić information content (AvgIpc) is 3.67. The van der Waals surface area contributed by atoms with E-state index in [-0.39, 0.29) is 10.8 Å². The molecule has 5 aromatic carbocycles. The van der Waals surface area contributed by atoms with Crippen molar-refractivity contribution >= 4 is 55.4 Å². The number of hydrogen-bond acceptors (Lipinski definition) is 8. The van der Waals surface area contributed by atoms with Gasteiger partial charge in [-0.1, -0.05) is 29.8 Å². The Morgan fingerprint density at radius 1 is 0.640 bits per heavy atom. The van der Waals surface area contributed by atoms with E-state index in [2.05, 4.69) is 44.6 Å². The molecule has 11 heteroatoms. The Kier molecular flexibility index (Phi) is 10.1. The minimum absolute atomic E-state index is 0.212. The van der Waals surface area contributed by atoms with E-state index in [0.717, 1.165) is 45.3 Å². The van der Waals surface area contributed by atoms with Gasteiger partial charge in [-0.05, 0) is 131 Å². The number of H-pyrrole nitrogens is 1. The quantitative estimate of drug-likeness (QED) is 0.130. The highest BCUT2D eigenvalue weighted by molar-refractivity contribution is 7.90. The van der Waals surface area contributed by atoms with Crippen LogP contribution < -0.4 is 20.1 Å². The van der Waals surface area contributed by atoms with Crippen LogP contribution in [0.5, 0.6) is 11.5 Å². The van der Waals surface area contributed by atoms with Gasteiger partial charge in [0.15, 0.2) is 0 Å². The molecule has 0 spiro atoms. The fourth-order valence-electron chi connectivity index (χ4n) is 5.35. The number of aromatic nitrogens is 4. The first-order chi connectivity index (χ1) is 24.1. The SMILES string of the molecule is CCOc1ccc(Nc2nc3ccc(C)cc3[nH]2)cc1.CCOc1ccc(Nc2nc3ccc(C)cc3n2S(=O)(=O)c2ccc(C)cc2)cc1. The van der Waals surface area contributed by atoms with E-state index >= 15 is 0 Å². The summed E-state index contributed by atoms with van der Waals surface area (Å²) in [6, 6.07) is 33.7. The molecular formula is C39H40N6O4S. The summed E-state index contributed by atoms with van der Waals surface area (Å²) in [7, 11) is -3.86. The summed E-state index contributed by atoms with van der Waals surface area (Å²) >= 11 is 0. The van der Waals surface area contributed by atoms with Gasteiger partial charge >= 0.3 is 0 Å². The fraction of sp³-hybridized carbons (Fsp3) is 0.179. The zero-order chi connectivity index (χ0) is 35.3. The van der Waals surface area contributed by atoms with E-state index in [1.807, 2.05) is 100 Å². The molecular weight excluding hydrogens is 649 g/mol. The summed E-state index contributed by atoms with van der Waals surface area (Å²) in [5.41, 5.74) is 7.99. The molecule has 0 aliphatic carbocycles. The lowest BCUT2D eigenvalue weighted by atomic mass is 10.2. The van der Waals surface area contributed by atoms with E-state index in [0.29, 0.717) is 29.9 Å². The summed E-state index contributed by atoms with van der Waals surface area (Å²) < 4.78 is 39.3. The third kappa shape index (κ3) is 7.74. The molecule has 3 N–H and O–H groups in total. The number of rotatable bonds is 10. The van der Waals surface area contributed by atoms with E-state index in [1.54, 1.807) is 24.3 Å². The lowest BCUT2D eigenvalue weighted by Crippen LogP contribution is -2.15. The molecule has 0 saturated heterocycles. The van der Waals surface area contributed by atoms with Crippen LogP contribution in [0.15, 0.2) is 114 Å². The van der Waals surface area contributed by atoms with Gasteiger partial charge in [-0.3, -0.25) is 0 Å². The molecule has 0 saturated carbocycles. The molecule has 50 heavy (non-hydrogen) atoms. The molecule has 2 heterocycles. The van der Waals surface area contributed by atoms with Crippen LogP contribution in [0.4, 0.5) is 23.3 Å². The Hall–Kier alpha value is -5.81. The Morgan fingerprint density at radius 2 is 1.18 bits per heavy atom. The van der Waals surface area contributed by atoms with Crippen LogP contribution in [-0.4, -0.2) is 40.6 Å². The number of ether oxygens (including phenoxy) is 2. The lowest BCUT2D eigenvalue weighted by Gasteiger charge is -2.13. The van der Waals surface area contributed by atoms with Gasteiger partial charge in [0, 0.05) is 11.4 Å². The molecule has 10 nitrogen and oxygen atoms in total. The minimum Gasteiger partial charge on any atom is -0.494 e. The zero-order valence-electron chi connectivity index (χ0n) is 28.7.